The molecule has 0 aliphatic heterocycles. The first-order chi connectivity index (χ1) is 4.33. The lowest BCUT2D eigenvalue weighted by Gasteiger charge is -2.22. The van der Waals surface area contributed by atoms with Gasteiger partial charge in [-0.25, -0.2) is 0 Å². The van der Waals surface area contributed by atoms with E-state index < -0.39 is 17.5 Å². The minimum absolute atomic E-state index is 0. The fraction of sp³-hybridized carbons (Fsp3) is 0.857. The van der Waals surface area contributed by atoms with E-state index in [9.17, 15) is 9.90 Å². The number of carboxylic acids is 1. The normalized spacial score (nSPS) is 13.5. The summed E-state index contributed by atoms with van der Waals surface area (Å²) in [6.45, 7) is 4.67. The largest absolute Gasteiger partial charge is 0.550 e. The average molecular weight is 163 g/mol. The number of carboxylic acid groups (broad SMARTS) is 1. The predicted molar refractivity (Wildman–Crippen MR) is 41.1 cm³/mol. The molecule has 5 N–H and O–H groups in total. The first-order valence-corrected chi connectivity index (χ1v) is 3.26. The Kier molecular flexibility index (Phi) is 5.09. The zero-order chi connectivity index (χ0) is 8.36. The molecule has 1 unspecified atom stereocenters. The second-order valence-electron chi connectivity index (χ2n) is 3.24. The number of hydrogen-bond acceptors (Lipinski definition) is 3. The third-order valence-electron chi connectivity index (χ3n) is 1.21. The Labute approximate surface area is 66.8 Å². The molecule has 0 aliphatic rings. The van der Waals surface area contributed by atoms with Gasteiger partial charge in [-0.1, -0.05) is 6.92 Å². The summed E-state index contributed by atoms with van der Waals surface area (Å²) >= 11 is 0. The van der Waals surface area contributed by atoms with Gasteiger partial charge in [0.05, 0.1) is 5.60 Å². The molecule has 0 aromatic carbocycles. The maximum Gasteiger partial charge on any atom is 0.0597 e. The second kappa shape index (κ2) is 4.31. The van der Waals surface area contributed by atoms with Crippen molar-refractivity contribution in [1.29, 1.82) is 0 Å². The number of aliphatic carboxylic acids is 1. The van der Waals surface area contributed by atoms with Crippen LogP contribution in [0.1, 0.15) is 27.2 Å². The summed E-state index contributed by atoms with van der Waals surface area (Å²) in [5.74, 6) is -1.69. The van der Waals surface area contributed by atoms with Crippen LogP contribution in [-0.4, -0.2) is 16.7 Å². The van der Waals surface area contributed by atoms with Crippen LogP contribution in [0.25, 0.3) is 0 Å². The number of carbonyl (C=O) groups is 1. The van der Waals surface area contributed by atoms with Gasteiger partial charge >= 0.3 is 0 Å². The molecule has 0 amide bonds. The molecule has 0 fully saturated rings. The monoisotopic (exact) mass is 163 g/mol. The maximum atomic E-state index is 10.2. The van der Waals surface area contributed by atoms with E-state index in [0.717, 1.165) is 0 Å². The molecule has 0 aromatic heterocycles. The minimum atomic E-state index is -1.11. The second-order valence-corrected chi connectivity index (χ2v) is 3.24. The van der Waals surface area contributed by atoms with Gasteiger partial charge in [-0.15, -0.1) is 0 Å². The van der Waals surface area contributed by atoms with Crippen LogP contribution in [-0.2, 0) is 4.79 Å². The molecule has 4 nitrogen and oxygen atoms in total. The molecule has 0 rings (SSSR count). The average Bonchev–Trinajstić information content (AvgIpc) is 1.60. The van der Waals surface area contributed by atoms with Gasteiger partial charge in [0.15, 0.2) is 0 Å². The van der Waals surface area contributed by atoms with Crippen LogP contribution in [0.3, 0.4) is 0 Å². The lowest BCUT2D eigenvalue weighted by atomic mass is 9.95. The van der Waals surface area contributed by atoms with Gasteiger partial charge in [0.25, 0.3) is 0 Å². The van der Waals surface area contributed by atoms with Crippen LogP contribution in [0.5, 0.6) is 0 Å². The molecule has 1 atom stereocenters. The number of aliphatic hydroxyl groups is 1. The molecule has 0 aliphatic carbocycles. The molecule has 0 radical (unpaired) electrons. The summed E-state index contributed by atoms with van der Waals surface area (Å²) in [7, 11) is 0. The molecule has 0 saturated heterocycles. The lowest BCUT2D eigenvalue weighted by Crippen LogP contribution is -2.34. The van der Waals surface area contributed by atoms with Gasteiger partial charge in [-0.05, 0) is 26.2 Å². The first-order valence-electron chi connectivity index (χ1n) is 3.26. The minimum Gasteiger partial charge on any atom is -0.550 e. The molecule has 0 aromatic rings. The standard InChI is InChI=1S/C7H14O3.H3N/c1-5(6(8)9)4-7(2,3)10;/h5,10H,4H2,1-3H3,(H,8,9);1H3. The zero-order valence-corrected chi connectivity index (χ0v) is 7.55. The third-order valence-corrected chi connectivity index (χ3v) is 1.21. The highest BCUT2D eigenvalue weighted by Gasteiger charge is 2.17. The predicted octanol–water partition coefficient (Wildman–Crippen LogP) is -0.0904. The SMILES string of the molecule is CC(CC(C)(C)O)C(=O)[O-].[NH4+]. The Bertz CT molecular complexity index is 128. The first kappa shape index (κ1) is 13.0. The fourth-order valence-electron chi connectivity index (χ4n) is 0.833. The van der Waals surface area contributed by atoms with Gasteiger partial charge < -0.3 is 21.2 Å². The Morgan fingerprint density at radius 3 is 2.09 bits per heavy atom. The number of hydrogen-bond donors (Lipinski definition) is 2. The van der Waals surface area contributed by atoms with Crippen LogP contribution < -0.4 is 11.3 Å². The van der Waals surface area contributed by atoms with Crippen molar-refractivity contribution < 1.29 is 15.0 Å². The van der Waals surface area contributed by atoms with Gasteiger partial charge in [0.1, 0.15) is 0 Å². The zero-order valence-electron chi connectivity index (χ0n) is 7.55. The molecular weight excluding hydrogens is 146 g/mol. The van der Waals surface area contributed by atoms with Gasteiger partial charge in [0.2, 0.25) is 0 Å². The number of carbonyl (C=O) groups excluding carboxylic acids is 1. The Hall–Kier alpha value is -0.610. The van der Waals surface area contributed by atoms with E-state index in [1.165, 1.54) is 6.92 Å². The lowest BCUT2D eigenvalue weighted by molar-refractivity contribution is -0.312. The van der Waals surface area contributed by atoms with Crippen LogP contribution in [0.4, 0.5) is 0 Å². The number of rotatable bonds is 3. The molecule has 0 bridgehead atoms. The smallest absolute Gasteiger partial charge is 0.0597 e. The van der Waals surface area contributed by atoms with Gasteiger partial charge in [0, 0.05) is 5.97 Å². The van der Waals surface area contributed by atoms with E-state index in [4.69, 9.17) is 5.11 Å². The van der Waals surface area contributed by atoms with E-state index in [0.29, 0.717) is 0 Å². The van der Waals surface area contributed by atoms with Crippen molar-refractivity contribution >= 4 is 5.97 Å². The van der Waals surface area contributed by atoms with E-state index in [2.05, 4.69) is 0 Å². The molecule has 11 heavy (non-hydrogen) atoms. The van der Waals surface area contributed by atoms with E-state index in [1.54, 1.807) is 13.8 Å². The Morgan fingerprint density at radius 2 is 2.00 bits per heavy atom. The summed E-state index contributed by atoms with van der Waals surface area (Å²) in [6.07, 6.45) is 0.231. The van der Waals surface area contributed by atoms with Crippen molar-refractivity contribution in [1.82, 2.24) is 6.15 Å². The van der Waals surface area contributed by atoms with Crippen molar-refractivity contribution in [3.05, 3.63) is 0 Å². The van der Waals surface area contributed by atoms with Crippen molar-refractivity contribution in [2.75, 3.05) is 0 Å². The molecule has 0 heterocycles. The van der Waals surface area contributed by atoms with Crippen LogP contribution in [0.15, 0.2) is 0 Å². The highest BCUT2D eigenvalue weighted by Crippen LogP contribution is 2.14. The maximum absolute atomic E-state index is 10.2. The quantitative estimate of drug-likeness (QED) is 0.608. The van der Waals surface area contributed by atoms with Crippen LogP contribution in [0.2, 0.25) is 0 Å². The number of quaternary nitrogens is 1. The topological polar surface area (TPSA) is 96.9 Å². The van der Waals surface area contributed by atoms with E-state index in [-0.39, 0.29) is 12.6 Å². The van der Waals surface area contributed by atoms with Gasteiger partial charge in [-0.3, -0.25) is 0 Å². The summed E-state index contributed by atoms with van der Waals surface area (Å²) in [6, 6.07) is 0. The molecule has 68 valence electrons. The summed E-state index contributed by atoms with van der Waals surface area (Å²) in [4.78, 5) is 10.2. The van der Waals surface area contributed by atoms with Crippen molar-refractivity contribution in [3.8, 4) is 0 Å². The summed E-state index contributed by atoms with van der Waals surface area (Å²) < 4.78 is 0. The molecule has 0 spiro atoms. The van der Waals surface area contributed by atoms with E-state index in [1.807, 2.05) is 0 Å². The van der Waals surface area contributed by atoms with Crippen molar-refractivity contribution in [2.45, 2.75) is 32.8 Å². The third kappa shape index (κ3) is 7.29. The molecular formula is C7H17NO3. The van der Waals surface area contributed by atoms with Crippen LogP contribution in [0, 0.1) is 5.92 Å². The van der Waals surface area contributed by atoms with E-state index >= 15 is 0 Å². The van der Waals surface area contributed by atoms with Gasteiger partial charge in [-0.2, -0.15) is 0 Å². The van der Waals surface area contributed by atoms with Crippen molar-refractivity contribution in [2.24, 2.45) is 5.92 Å². The highest BCUT2D eigenvalue weighted by molar-refractivity contribution is 5.67. The molecule has 0 saturated carbocycles. The highest BCUT2D eigenvalue weighted by atomic mass is 16.4. The summed E-state index contributed by atoms with van der Waals surface area (Å²) in [5.41, 5.74) is -0.917. The van der Waals surface area contributed by atoms with Crippen molar-refractivity contribution in [3.63, 3.8) is 0 Å². The van der Waals surface area contributed by atoms with Crippen LogP contribution >= 0.6 is 0 Å². The fourth-order valence-corrected chi connectivity index (χ4v) is 0.833. The Balaban J connectivity index is 0. The Morgan fingerprint density at radius 1 is 1.64 bits per heavy atom. The summed E-state index contributed by atoms with van der Waals surface area (Å²) in [5, 5.41) is 19.3. The molecule has 4 heteroatoms.